The number of aromatic hydroxyl groups is 1. The van der Waals surface area contributed by atoms with E-state index in [2.05, 4.69) is 0 Å². The lowest BCUT2D eigenvalue weighted by Gasteiger charge is -2.01. The van der Waals surface area contributed by atoms with E-state index in [1.54, 1.807) is 0 Å². The average Bonchev–Trinajstić information content (AvgIpc) is 2.02. The van der Waals surface area contributed by atoms with Crippen molar-refractivity contribution in [2.45, 2.75) is 0 Å². The molecule has 0 saturated carbocycles. The Hall–Kier alpha value is -1.16. The molecule has 0 unspecified atom stereocenters. The summed E-state index contributed by atoms with van der Waals surface area (Å²) in [6.07, 6.45) is 0. The van der Waals surface area contributed by atoms with Crippen molar-refractivity contribution < 1.29 is 18.7 Å². The fourth-order valence-corrected chi connectivity index (χ4v) is 1.03. The number of ketones is 1. The molecule has 70 valence electrons. The molecule has 0 bridgehead atoms. The van der Waals surface area contributed by atoms with Gasteiger partial charge < -0.3 is 5.11 Å². The first-order valence-corrected chi connectivity index (χ1v) is 3.87. The normalized spacial score (nSPS) is 10.1. The zero-order chi connectivity index (χ0) is 10.0. The second-order valence-corrected chi connectivity index (χ2v) is 2.61. The van der Waals surface area contributed by atoms with Gasteiger partial charge in [0.1, 0.15) is 17.4 Å². The van der Waals surface area contributed by atoms with Crippen molar-refractivity contribution in [1.82, 2.24) is 0 Å². The van der Waals surface area contributed by atoms with Gasteiger partial charge in [-0.1, -0.05) is 0 Å². The molecule has 0 amide bonds. The molecule has 1 aromatic carbocycles. The number of hydrogen-bond donors (Lipinski definition) is 1. The van der Waals surface area contributed by atoms with Gasteiger partial charge in [-0.15, -0.1) is 11.6 Å². The monoisotopic (exact) mass is 206 g/mol. The number of carbonyl (C=O) groups is 1. The van der Waals surface area contributed by atoms with Gasteiger partial charge in [0.25, 0.3) is 0 Å². The van der Waals surface area contributed by atoms with E-state index in [-0.39, 0.29) is 0 Å². The fourth-order valence-electron chi connectivity index (χ4n) is 0.893. The van der Waals surface area contributed by atoms with Gasteiger partial charge in [-0.2, -0.15) is 0 Å². The van der Waals surface area contributed by atoms with Crippen LogP contribution in [0.5, 0.6) is 5.75 Å². The molecule has 2 nitrogen and oxygen atoms in total. The van der Waals surface area contributed by atoms with E-state index in [9.17, 15) is 13.6 Å². The first kappa shape index (κ1) is 9.92. The van der Waals surface area contributed by atoms with Gasteiger partial charge in [-0.25, -0.2) is 8.78 Å². The van der Waals surface area contributed by atoms with E-state index in [0.29, 0.717) is 12.1 Å². The lowest BCUT2D eigenvalue weighted by molar-refractivity contribution is 0.101. The van der Waals surface area contributed by atoms with Crippen LogP contribution in [-0.2, 0) is 0 Å². The summed E-state index contributed by atoms with van der Waals surface area (Å²) in [4.78, 5) is 10.9. The maximum atomic E-state index is 12.9. The summed E-state index contributed by atoms with van der Waals surface area (Å²) in [5.74, 6) is -4.14. The van der Waals surface area contributed by atoms with E-state index >= 15 is 0 Å². The Balaban J connectivity index is 3.28. The third-order valence-electron chi connectivity index (χ3n) is 1.43. The van der Waals surface area contributed by atoms with E-state index in [1.807, 2.05) is 0 Å². The number of rotatable bonds is 2. The number of hydrogen-bond acceptors (Lipinski definition) is 2. The summed E-state index contributed by atoms with van der Waals surface area (Å²) < 4.78 is 25.7. The van der Waals surface area contributed by atoms with Gasteiger partial charge in [0.15, 0.2) is 5.78 Å². The molecule has 0 fully saturated rings. The molecule has 13 heavy (non-hydrogen) atoms. The topological polar surface area (TPSA) is 37.3 Å². The number of alkyl halides is 1. The Morgan fingerprint density at radius 3 is 2.23 bits per heavy atom. The van der Waals surface area contributed by atoms with E-state index < -0.39 is 34.6 Å². The minimum atomic E-state index is -1.11. The van der Waals surface area contributed by atoms with Crippen LogP contribution in [0.25, 0.3) is 0 Å². The van der Waals surface area contributed by atoms with Gasteiger partial charge in [0.05, 0.1) is 11.4 Å². The molecule has 0 aliphatic carbocycles. The molecule has 0 saturated heterocycles. The van der Waals surface area contributed by atoms with Crippen molar-refractivity contribution >= 4 is 17.4 Å². The number of benzene rings is 1. The van der Waals surface area contributed by atoms with E-state index in [0.717, 1.165) is 0 Å². The number of phenols is 1. The molecule has 0 atom stereocenters. The number of carbonyl (C=O) groups excluding carboxylic acids is 1. The van der Waals surface area contributed by atoms with E-state index in [1.165, 1.54) is 0 Å². The van der Waals surface area contributed by atoms with Gasteiger partial charge in [0.2, 0.25) is 0 Å². The van der Waals surface area contributed by atoms with Crippen molar-refractivity contribution in [3.05, 3.63) is 29.3 Å². The summed E-state index contributed by atoms with van der Waals surface area (Å²) in [5, 5.41) is 8.75. The number of halogens is 3. The quantitative estimate of drug-likeness (QED) is 0.594. The number of phenolic OH excluding ortho intramolecular Hbond substituents is 1. The molecular weight excluding hydrogens is 202 g/mol. The molecule has 0 heterocycles. The third kappa shape index (κ3) is 1.95. The first-order chi connectivity index (χ1) is 6.06. The van der Waals surface area contributed by atoms with Crippen LogP contribution in [0, 0.1) is 11.6 Å². The molecule has 1 rings (SSSR count). The van der Waals surface area contributed by atoms with Crippen LogP contribution in [0.15, 0.2) is 12.1 Å². The highest BCUT2D eigenvalue weighted by molar-refractivity contribution is 6.30. The maximum absolute atomic E-state index is 12.9. The summed E-state index contributed by atoms with van der Waals surface area (Å²) in [6.45, 7) is 0. The van der Waals surface area contributed by atoms with Crippen LogP contribution in [-0.4, -0.2) is 16.8 Å². The SMILES string of the molecule is O=C(CCl)c1c(F)cc(O)cc1F. The molecule has 0 spiro atoms. The molecule has 0 aliphatic heterocycles. The van der Waals surface area contributed by atoms with Crippen LogP contribution in [0.1, 0.15) is 10.4 Å². The Kier molecular flexibility index (Phi) is 2.83. The molecule has 0 radical (unpaired) electrons. The van der Waals surface area contributed by atoms with Crippen LogP contribution in [0.4, 0.5) is 8.78 Å². The molecule has 0 aromatic heterocycles. The first-order valence-electron chi connectivity index (χ1n) is 3.33. The van der Waals surface area contributed by atoms with Crippen molar-refractivity contribution in [3.8, 4) is 5.75 Å². The highest BCUT2D eigenvalue weighted by Crippen LogP contribution is 2.20. The highest BCUT2D eigenvalue weighted by atomic mass is 35.5. The Bertz CT molecular complexity index is 329. The van der Waals surface area contributed by atoms with Crippen LogP contribution in [0.2, 0.25) is 0 Å². The van der Waals surface area contributed by atoms with Crippen LogP contribution >= 0.6 is 11.6 Å². The van der Waals surface area contributed by atoms with Crippen molar-refractivity contribution in [1.29, 1.82) is 0 Å². The van der Waals surface area contributed by atoms with Crippen molar-refractivity contribution in [2.24, 2.45) is 0 Å². The molecule has 1 N–H and O–H groups in total. The minimum Gasteiger partial charge on any atom is -0.508 e. The highest BCUT2D eigenvalue weighted by Gasteiger charge is 2.17. The van der Waals surface area contributed by atoms with Crippen molar-refractivity contribution in [2.75, 3.05) is 5.88 Å². The Labute approximate surface area is 77.8 Å². The minimum absolute atomic E-state index is 0.501. The van der Waals surface area contributed by atoms with Gasteiger partial charge in [-0.3, -0.25) is 4.79 Å². The maximum Gasteiger partial charge on any atom is 0.183 e. The Morgan fingerprint density at radius 1 is 1.38 bits per heavy atom. The number of Topliss-reactive ketones (excluding diaryl/α,β-unsaturated/α-hetero) is 1. The lowest BCUT2D eigenvalue weighted by atomic mass is 10.1. The standard InChI is InChI=1S/C8H5ClF2O2/c9-3-7(13)8-5(10)1-4(12)2-6(8)11/h1-2,12H,3H2. The third-order valence-corrected chi connectivity index (χ3v) is 1.67. The second-order valence-electron chi connectivity index (χ2n) is 2.34. The summed E-state index contributed by atoms with van der Waals surface area (Å²) in [5.41, 5.74) is -0.715. The second kappa shape index (κ2) is 3.70. The predicted molar refractivity (Wildman–Crippen MR) is 43.1 cm³/mol. The molecule has 0 aliphatic rings. The Morgan fingerprint density at radius 2 is 1.85 bits per heavy atom. The van der Waals surface area contributed by atoms with Crippen LogP contribution in [0.3, 0.4) is 0 Å². The lowest BCUT2D eigenvalue weighted by Crippen LogP contribution is -2.06. The fraction of sp³-hybridized carbons (Fsp3) is 0.125. The zero-order valence-corrected chi connectivity index (χ0v) is 7.11. The van der Waals surface area contributed by atoms with Gasteiger partial charge in [-0.05, 0) is 0 Å². The summed E-state index contributed by atoms with van der Waals surface area (Å²) in [7, 11) is 0. The van der Waals surface area contributed by atoms with Crippen molar-refractivity contribution in [3.63, 3.8) is 0 Å². The summed E-state index contributed by atoms with van der Waals surface area (Å²) in [6, 6.07) is 1.31. The van der Waals surface area contributed by atoms with Gasteiger partial charge in [0, 0.05) is 12.1 Å². The summed E-state index contributed by atoms with van der Waals surface area (Å²) >= 11 is 5.12. The van der Waals surface area contributed by atoms with Crippen LogP contribution < -0.4 is 0 Å². The molecule has 1 aromatic rings. The predicted octanol–water partition coefficient (Wildman–Crippen LogP) is 2.09. The molecule has 5 heteroatoms. The average molecular weight is 207 g/mol. The zero-order valence-electron chi connectivity index (χ0n) is 6.35. The van der Waals surface area contributed by atoms with E-state index in [4.69, 9.17) is 16.7 Å². The smallest absolute Gasteiger partial charge is 0.183 e. The molecular formula is C8H5ClF2O2. The largest absolute Gasteiger partial charge is 0.508 e. The van der Waals surface area contributed by atoms with Gasteiger partial charge >= 0.3 is 0 Å².